The molecule has 0 saturated heterocycles. The van der Waals surface area contributed by atoms with Gasteiger partial charge < -0.3 is 9.47 Å². The first-order valence-corrected chi connectivity index (χ1v) is 11.7. The quantitative estimate of drug-likeness (QED) is 0.422. The molecule has 0 aliphatic heterocycles. The van der Waals surface area contributed by atoms with Crippen LogP contribution >= 0.6 is 11.6 Å². The van der Waals surface area contributed by atoms with E-state index in [2.05, 4.69) is 32.9 Å². The zero-order valence-corrected chi connectivity index (χ0v) is 22.0. The van der Waals surface area contributed by atoms with Gasteiger partial charge >= 0.3 is 11.9 Å². The largest absolute Gasteiger partial charge is 0.465 e. The highest BCUT2D eigenvalue weighted by molar-refractivity contribution is 6.30. The van der Waals surface area contributed by atoms with Gasteiger partial charge in [0, 0.05) is 10.6 Å². The summed E-state index contributed by atoms with van der Waals surface area (Å²) in [7, 11) is 2.62. The first-order chi connectivity index (χ1) is 16.5. The molecular formula is C30H31ClO4. The van der Waals surface area contributed by atoms with E-state index in [9.17, 15) is 9.59 Å². The highest BCUT2D eigenvalue weighted by atomic mass is 35.5. The SMILES string of the molecule is COC(=O)C1=CC=C(C)C2=C(C)C=C(C(C)(C)C)C=C(/C=C/c3ccc(Cl)cc3)C2=C1C(=O)OC. The number of hydrogen-bond donors (Lipinski definition) is 0. The lowest BCUT2D eigenvalue weighted by molar-refractivity contribution is -0.139. The first-order valence-electron chi connectivity index (χ1n) is 11.4. The predicted octanol–water partition coefficient (Wildman–Crippen LogP) is 7.11. The van der Waals surface area contributed by atoms with E-state index in [1.165, 1.54) is 14.2 Å². The Kier molecular flexibility index (Phi) is 7.86. The fraction of sp³-hybridized carbons (Fsp3) is 0.267. The summed E-state index contributed by atoms with van der Waals surface area (Å²) >= 11 is 6.06. The lowest BCUT2D eigenvalue weighted by Crippen LogP contribution is -2.18. The van der Waals surface area contributed by atoms with Crippen LogP contribution < -0.4 is 0 Å². The molecule has 0 unspecified atom stereocenters. The number of carbonyl (C=O) groups excluding carboxylic acids is 2. The molecule has 35 heavy (non-hydrogen) atoms. The molecule has 0 aromatic heterocycles. The molecule has 0 atom stereocenters. The van der Waals surface area contributed by atoms with Crippen molar-refractivity contribution in [1.82, 2.24) is 0 Å². The third-order valence-corrected chi connectivity index (χ3v) is 6.27. The zero-order valence-electron chi connectivity index (χ0n) is 21.3. The molecule has 0 fully saturated rings. The van der Waals surface area contributed by atoms with Crippen LogP contribution in [0.25, 0.3) is 6.08 Å². The Labute approximate surface area is 212 Å². The number of esters is 2. The second-order valence-electron chi connectivity index (χ2n) is 9.56. The molecule has 5 heteroatoms. The number of hydrogen-bond acceptors (Lipinski definition) is 4. The van der Waals surface area contributed by atoms with Gasteiger partial charge in [-0.1, -0.05) is 74.9 Å². The van der Waals surface area contributed by atoms with Gasteiger partial charge in [0.1, 0.15) is 0 Å². The fourth-order valence-corrected chi connectivity index (χ4v) is 4.26. The highest BCUT2D eigenvalue weighted by Crippen LogP contribution is 2.42. The second-order valence-corrected chi connectivity index (χ2v) is 9.99. The number of benzene rings is 1. The van der Waals surface area contributed by atoms with Crippen LogP contribution in [-0.4, -0.2) is 26.2 Å². The minimum Gasteiger partial charge on any atom is -0.465 e. The summed E-state index contributed by atoms with van der Waals surface area (Å²) in [6.07, 6.45) is 11.6. The highest BCUT2D eigenvalue weighted by Gasteiger charge is 2.33. The molecule has 0 heterocycles. The monoisotopic (exact) mass is 490 g/mol. The van der Waals surface area contributed by atoms with Gasteiger partial charge in [-0.05, 0) is 70.9 Å². The van der Waals surface area contributed by atoms with Crippen LogP contribution in [0.3, 0.4) is 0 Å². The van der Waals surface area contributed by atoms with E-state index in [4.69, 9.17) is 21.1 Å². The third kappa shape index (κ3) is 5.66. The van der Waals surface area contributed by atoms with Crippen molar-refractivity contribution in [2.75, 3.05) is 14.2 Å². The molecule has 0 radical (unpaired) electrons. The Morgan fingerprint density at radius 3 is 2.06 bits per heavy atom. The van der Waals surface area contributed by atoms with E-state index in [1.807, 2.05) is 56.3 Å². The van der Waals surface area contributed by atoms with Gasteiger partial charge in [-0.3, -0.25) is 0 Å². The number of allylic oxidation sites excluding steroid dienone is 11. The van der Waals surface area contributed by atoms with Crippen LogP contribution in [0, 0.1) is 5.41 Å². The molecule has 0 bridgehead atoms. The van der Waals surface area contributed by atoms with Gasteiger partial charge in [0.25, 0.3) is 0 Å². The number of carbonyl (C=O) groups is 2. The lowest BCUT2D eigenvalue weighted by atomic mass is 9.83. The molecule has 0 saturated carbocycles. The van der Waals surface area contributed by atoms with Gasteiger partial charge in [0.15, 0.2) is 0 Å². The van der Waals surface area contributed by atoms with Crippen molar-refractivity contribution in [2.45, 2.75) is 34.6 Å². The maximum atomic E-state index is 13.2. The van der Waals surface area contributed by atoms with Gasteiger partial charge in [0.2, 0.25) is 0 Å². The molecule has 3 rings (SSSR count). The van der Waals surface area contributed by atoms with E-state index in [1.54, 1.807) is 6.08 Å². The zero-order chi connectivity index (χ0) is 25.9. The number of ether oxygens (including phenoxy) is 2. The summed E-state index contributed by atoms with van der Waals surface area (Å²) in [4.78, 5) is 26.0. The van der Waals surface area contributed by atoms with Crippen LogP contribution in [0.4, 0.5) is 0 Å². The topological polar surface area (TPSA) is 52.6 Å². The van der Waals surface area contributed by atoms with Crippen molar-refractivity contribution in [1.29, 1.82) is 0 Å². The fourth-order valence-electron chi connectivity index (χ4n) is 4.13. The van der Waals surface area contributed by atoms with Crippen LogP contribution in [-0.2, 0) is 19.1 Å². The Hall–Kier alpha value is -3.37. The van der Waals surface area contributed by atoms with Crippen LogP contribution in [0.1, 0.15) is 40.2 Å². The van der Waals surface area contributed by atoms with Gasteiger partial charge in [-0.15, -0.1) is 0 Å². The average molecular weight is 491 g/mol. The molecule has 4 nitrogen and oxygen atoms in total. The third-order valence-electron chi connectivity index (χ3n) is 6.02. The van der Waals surface area contributed by atoms with Crippen molar-refractivity contribution in [3.8, 4) is 0 Å². The predicted molar refractivity (Wildman–Crippen MR) is 142 cm³/mol. The number of halogens is 1. The smallest absolute Gasteiger partial charge is 0.339 e. The molecule has 0 N–H and O–H groups in total. The van der Waals surface area contributed by atoms with Crippen LogP contribution in [0.5, 0.6) is 0 Å². The maximum absolute atomic E-state index is 13.2. The van der Waals surface area contributed by atoms with Crippen molar-refractivity contribution in [3.63, 3.8) is 0 Å². The second kappa shape index (κ2) is 10.5. The molecule has 0 spiro atoms. The summed E-state index contributed by atoms with van der Waals surface area (Å²) in [5.74, 6) is -1.20. The molecule has 2 aliphatic carbocycles. The number of fused-ring (bicyclic) bond motifs is 1. The summed E-state index contributed by atoms with van der Waals surface area (Å²) in [6, 6.07) is 7.50. The summed E-state index contributed by atoms with van der Waals surface area (Å²) in [5.41, 5.74) is 6.45. The molecule has 0 amide bonds. The van der Waals surface area contributed by atoms with Crippen molar-refractivity contribution >= 4 is 29.6 Å². The molecule has 182 valence electrons. The van der Waals surface area contributed by atoms with E-state index in [-0.39, 0.29) is 16.6 Å². The molecular weight excluding hydrogens is 460 g/mol. The van der Waals surface area contributed by atoms with Crippen LogP contribution in [0.2, 0.25) is 5.02 Å². The number of methoxy groups -OCH3 is 2. The maximum Gasteiger partial charge on any atom is 0.339 e. The van der Waals surface area contributed by atoms with Gasteiger partial charge in [-0.2, -0.15) is 0 Å². The Balaban J connectivity index is 2.42. The minimum absolute atomic E-state index is 0.154. The van der Waals surface area contributed by atoms with Gasteiger partial charge in [0.05, 0.1) is 25.4 Å². The Bertz CT molecular complexity index is 1270. The summed E-state index contributed by atoms with van der Waals surface area (Å²) < 4.78 is 10.2. The standard InChI is InChI=1S/C30H31ClO4/c1-18-8-15-24(28(32)34-6)27(29(33)35-7)26-21(12-9-20-10-13-23(31)14-11-20)17-22(30(3,4)5)16-19(2)25(18)26/h8-17H,1-7H3/b12-9+. The molecule has 1 aromatic carbocycles. The van der Waals surface area contributed by atoms with E-state index >= 15 is 0 Å². The first kappa shape index (κ1) is 26.2. The average Bonchev–Trinajstić information content (AvgIpc) is 3.06. The van der Waals surface area contributed by atoms with E-state index < -0.39 is 11.9 Å². The van der Waals surface area contributed by atoms with E-state index in [0.29, 0.717) is 10.6 Å². The van der Waals surface area contributed by atoms with Crippen molar-refractivity contribution < 1.29 is 19.1 Å². The lowest BCUT2D eigenvalue weighted by Gasteiger charge is -2.21. The summed E-state index contributed by atoms with van der Waals surface area (Å²) in [6.45, 7) is 10.4. The number of rotatable bonds is 4. The van der Waals surface area contributed by atoms with Crippen molar-refractivity contribution in [3.05, 3.63) is 110 Å². The molecule has 2 aliphatic rings. The molecule has 1 aromatic rings. The van der Waals surface area contributed by atoms with E-state index in [0.717, 1.165) is 33.4 Å². The minimum atomic E-state index is -0.602. The normalized spacial score (nSPS) is 16.6. The van der Waals surface area contributed by atoms with Crippen LogP contribution in [0.15, 0.2) is 99.2 Å². The summed E-state index contributed by atoms with van der Waals surface area (Å²) in [5, 5.41) is 0.655. The Morgan fingerprint density at radius 2 is 1.49 bits per heavy atom. The Morgan fingerprint density at radius 1 is 0.857 bits per heavy atom. The van der Waals surface area contributed by atoms with Gasteiger partial charge in [-0.25, -0.2) is 9.59 Å². The van der Waals surface area contributed by atoms with Crippen molar-refractivity contribution in [2.24, 2.45) is 5.41 Å².